The van der Waals surface area contributed by atoms with Gasteiger partial charge in [-0.2, -0.15) is 0 Å². The zero-order chi connectivity index (χ0) is 29.4. The second-order valence-electron chi connectivity index (χ2n) is 10.6. The predicted octanol–water partition coefficient (Wildman–Crippen LogP) is 5.11. The van der Waals surface area contributed by atoms with Gasteiger partial charge >= 0.3 is 0 Å². The SMILES string of the molecule is COc1nc(-c2cccc(-c3cccc(-c4cnc(C5=NCCN5)c(OC)n4)c3Cl)c2Cl)ccc1CN1CC(C)(O)C1. The molecule has 0 unspecified atom stereocenters. The molecule has 0 amide bonds. The van der Waals surface area contributed by atoms with Gasteiger partial charge in [0.25, 0.3) is 0 Å². The lowest BCUT2D eigenvalue weighted by Crippen LogP contribution is -2.59. The fourth-order valence-electron chi connectivity index (χ4n) is 5.42. The molecule has 2 aliphatic heterocycles. The maximum absolute atomic E-state index is 10.1. The third-order valence-electron chi connectivity index (χ3n) is 7.33. The molecule has 0 radical (unpaired) electrons. The molecule has 0 bridgehead atoms. The van der Waals surface area contributed by atoms with Gasteiger partial charge in [-0.15, -0.1) is 0 Å². The van der Waals surface area contributed by atoms with E-state index in [0.29, 0.717) is 76.5 Å². The van der Waals surface area contributed by atoms with Gasteiger partial charge in [0.2, 0.25) is 11.8 Å². The quantitative estimate of drug-likeness (QED) is 0.286. The molecule has 216 valence electrons. The first-order valence-corrected chi connectivity index (χ1v) is 14.3. The first kappa shape index (κ1) is 28.4. The van der Waals surface area contributed by atoms with Gasteiger partial charge in [-0.3, -0.25) is 9.89 Å². The Morgan fingerprint density at radius 1 is 0.881 bits per heavy atom. The fourth-order valence-corrected chi connectivity index (χ4v) is 6.07. The largest absolute Gasteiger partial charge is 0.481 e. The summed E-state index contributed by atoms with van der Waals surface area (Å²) < 4.78 is 11.2. The van der Waals surface area contributed by atoms with Gasteiger partial charge in [0.05, 0.1) is 54.0 Å². The van der Waals surface area contributed by atoms with Crippen LogP contribution < -0.4 is 14.8 Å². The minimum atomic E-state index is -0.641. The van der Waals surface area contributed by atoms with Gasteiger partial charge in [0.15, 0.2) is 11.5 Å². The zero-order valence-electron chi connectivity index (χ0n) is 23.5. The number of likely N-dealkylation sites (tertiary alicyclic amines) is 1. The van der Waals surface area contributed by atoms with Crippen molar-refractivity contribution in [1.29, 1.82) is 0 Å². The highest BCUT2D eigenvalue weighted by molar-refractivity contribution is 6.39. The van der Waals surface area contributed by atoms with Crippen LogP contribution in [0.5, 0.6) is 11.8 Å². The van der Waals surface area contributed by atoms with Crippen LogP contribution in [-0.2, 0) is 6.54 Å². The van der Waals surface area contributed by atoms with Crippen LogP contribution in [0, 0.1) is 0 Å². The van der Waals surface area contributed by atoms with Crippen molar-refractivity contribution < 1.29 is 14.6 Å². The highest BCUT2D eigenvalue weighted by Crippen LogP contribution is 2.42. The van der Waals surface area contributed by atoms with Crippen molar-refractivity contribution in [2.24, 2.45) is 4.99 Å². The summed E-state index contributed by atoms with van der Waals surface area (Å²) in [7, 11) is 3.16. The highest BCUT2D eigenvalue weighted by Gasteiger charge is 2.36. The Balaban J connectivity index is 1.33. The lowest BCUT2D eigenvalue weighted by Gasteiger charge is -2.44. The average Bonchev–Trinajstić information content (AvgIpc) is 3.52. The molecule has 0 atom stereocenters. The second-order valence-corrected chi connectivity index (χ2v) is 11.4. The van der Waals surface area contributed by atoms with Crippen LogP contribution in [0.4, 0.5) is 0 Å². The summed E-state index contributed by atoms with van der Waals surface area (Å²) in [5.74, 6) is 1.56. The van der Waals surface area contributed by atoms with Crippen molar-refractivity contribution in [3.63, 3.8) is 0 Å². The third kappa shape index (κ3) is 5.41. The van der Waals surface area contributed by atoms with E-state index < -0.39 is 5.60 Å². The number of amidine groups is 1. The second kappa shape index (κ2) is 11.5. The number of nitrogens with zero attached hydrogens (tertiary/aromatic N) is 5. The molecule has 0 aliphatic carbocycles. The molecule has 6 rings (SSSR count). The minimum absolute atomic E-state index is 0.366. The summed E-state index contributed by atoms with van der Waals surface area (Å²) >= 11 is 14.0. The van der Waals surface area contributed by atoms with Crippen LogP contribution >= 0.6 is 23.2 Å². The van der Waals surface area contributed by atoms with Gasteiger partial charge < -0.3 is 19.9 Å². The summed E-state index contributed by atoms with van der Waals surface area (Å²) in [5, 5.41) is 14.3. The maximum Gasteiger partial charge on any atom is 0.244 e. The van der Waals surface area contributed by atoms with Crippen LogP contribution in [0.25, 0.3) is 33.6 Å². The molecule has 2 aromatic heterocycles. The number of aliphatic hydroxyl groups is 1. The summed E-state index contributed by atoms with van der Waals surface area (Å²) in [6.07, 6.45) is 1.67. The van der Waals surface area contributed by atoms with Crippen LogP contribution in [0.1, 0.15) is 18.2 Å². The Morgan fingerprint density at radius 3 is 2.10 bits per heavy atom. The van der Waals surface area contributed by atoms with E-state index in [1.807, 2.05) is 55.5 Å². The normalized spacial score (nSPS) is 16.0. The van der Waals surface area contributed by atoms with Crippen LogP contribution in [0.15, 0.2) is 59.7 Å². The van der Waals surface area contributed by atoms with Crippen molar-refractivity contribution in [3.05, 3.63) is 76.0 Å². The van der Waals surface area contributed by atoms with Gasteiger partial charge in [-0.25, -0.2) is 15.0 Å². The van der Waals surface area contributed by atoms with Crippen molar-refractivity contribution >= 4 is 29.0 Å². The number of ether oxygens (including phenoxy) is 2. The van der Waals surface area contributed by atoms with E-state index in [4.69, 9.17) is 42.6 Å². The highest BCUT2D eigenvalue weighted by atomic mass is 35.5. The average molecular weight is 606 g/mol. The van der Waals surface area contributed by atoms with Crippen molar-refractivity contribution in [2.75, 3.05) is 40.4 Å². The summed E-state index contributed by atoms with van der Waals surface area (Å²) in [6.45, 7) is 5.14. The van der Waals surface area contributed by atoms with Gasteiger partial charge in [0, 0.05) is 54.0 Å². The predicted molar refractivity (Wildman–Crippen MR) is 165 cm³/mol. The Hall–Kier alpha value is -3.76. The zero-order valence-corrected chi connectivity index (χ0v) is 25.0. The topological polar surface area (TPSA) is 105 Å². The molecule has 0 saturated carbocycles. The summed E-state index contributed by atoms with van der Waals surface area (Å²) in [5.41, 5.74) is 5.07. The number of aromatic nitrogens is 3. The van der Waals surface area contributed by atoms with Crippen LogP contribution in [0.3, 0.4) is 0 Å². The van der Waals surface area contributed by atoms with Crippen molar-refractivity contribution in [1.82, 2.24) is 25.2 Å². The Bertz CT molecular complexity index is 1690. The Morgan fingerprint density at radius 2 is 1.50 bits per heavy atom. The molecule has 11 heteroatoms. The number of nitrogens with one attached hydrogen (secondary N) is 1. The maximum atomic E-state index is 10.1. The number of rotatable bonds is 8. The van der Waals surface area contributed by atoms with E-state index in [-0.39, 0.29) is 0 Å². The number of hydrogen-bond acceptors (Lipinski definition) is 9. The smallest absolute Gasteiger partial charge is 0.244 e. The monoisotopic (exact) mass is 604 g/mol. The van der Waals surface area contributed by atoms with Gasteiger partial charge in [-0.1, -0.05) is 65.7 Å². The third-order valence-corrected chi connectivity index (χ3v) is 8.14. The van der Waals surface area contributed by atoms with E-state index >= 15 is 0 Å². The molecule has 1 saturated heterocycles. The van der Waals surface area contributed by atoms with E-state index in [1.165, 1.54) is 0 Å². The molecular weight excluding hydrogens is 575 g/mol. The summed E-state index contributed by atoms with van der Waals surface area (Å²) in [4.78, 5) is 20.6. The lowest BCUT2D eigenvalue weighted by molar-refractivity contribution is -0.0873. The molecule has 2 N–H and O–H groups in total. The van der Waals surface area contributed by atoms with Crippen LogP contribution in [-0.4, -0.2) is 76.8 Å². The number of halogens is 2. The molecule has 2 aliphatic rings. The number of β-amino-alcohol motifs (C(OH)–C–C–N with tert-alkyl or cyclic N) is 1. The number of aliphatic imine (C=N–C) groups is 1. The van der Waals surface area contributed by atoms with E-state index in [1.54, 1.807) is 20.4 Å². The molecule has 1 fully saturated rings. The number of hydrogen-bond donors (Lipinski definition) is 2. The number of methoxy groups -OCH3 is 2. The Labute approximate surface area is 254 Å². The van der Waals surface area contributed by atoms with Crippen LogP contribution in [0.2, 0.25) is 10.0 Å². The molecule has 9 nitrogen and oxygen atoms in total. The molecule has 2 aromatic carbocycles. The number of pyridine rings is 1. The van der Waals surface area contributed by atoms with E-state index in [2.05, 4.69) is 20.2 Å². The summed E-state index contributed by atoms with van der Waals surface area (Å²) in [6, 6.07) is 15.4. The molecule has 0 spiro atoms. The first-order valence-electron chi connectivity index (χ1n) is 13.5. The van der Waals surface area contributed by atoms with E-state index in [0.717, 1.165) is 28.8 Å². The van der Waals surface area contributed by atoms with Gasteiger partial charge in [-0.05, 0) is 13.0 Å². The fraction of sp³-hybridized carbons (Fsp3) is 0.290. The standard InChI is InChI=1S/C31H30Cl2N6O3/c1-31(40)16-39(17-31)15-18-10-11-23(37-29(18)41-2)21-8-4-6-19(25(21)32)20-7-5-9-22(26(20)33)24-14-36-27(30(38-24)42-3)28-34-12-13-35-28/h4-11,14,40H,12-13,15-17H2,1-3H3,(H,34,35). The van der Waals surface area contributed by atoms with Crippen molar-refractivity contribution in [3.8, 4) is 45.4 Å². The van der Waals surface area contributed by atoms with E-state index in [9.17, 15) is 5.11 Å². The minimum Gasteiger partial charge on any atom is -0.481 e. The Kier molecular flexibility index (Phi) is 7.76. The van der Waals surface area contributed by atoms with Crippen molar-refractivity contribution in [2.45, 2.75) is 19.1 Å². The molecular formula is C31H30Cl2N6O3. The number of benzene rings is 2. The first-order chi connectivity index (χ1) is 20.3. The van der Waals surface area contributed by atoms with Gasteiger partial charge in [0.1, 0.15) is 0 Å². The molecule has 4 heterocycles. The lowest BCUT2D eigenvalue weighted by atomic mass is 9.96. The molecule has 4 aromatic rings. The molecule has 42 heavy (non-hydrogen) atoms.